The number of rotatable bonds is 4. The molecule has 0 aromatic rings. The van der Waals surface area contributed by atoms with Gasteiger partial charge in [-0.3, -0.25) is 0 Å². The Morgan fingerprint density at radius 1 is 1.88 bits per heavy atom. The van der Waals surface area contributed by atoms with Gasteiger partial charge in [0.15, 0.2) is 9.76 Å². The molecule has 0 unspecified atom stereocenters. The first-order chi connectivity index (χ1) is 3.81. The molecule has 0 spiro atoms. The zero-order valence-electron chi connectivity index (χ0n) is 5.11. The highest BCUT2D eigenvalue weighted by Crippen LogP contribution is 1.98. The lowest BCUT2D eigenvalue weighted by molar-refractivity contribution is 0.443. The maximum absolute atomic E-state index is 5.45. The van der Waals surface area contributed by atoms with Gasteiger partial charge in [-0.2, -0.15) is 0 Å². The van der Waals surface area contributed by atoms with Crippen molar-refractivity contribution >= 4 is 21.4 Å². The SMILES string of the molecule is C=C(CCl)C[SiH2]OC. The first-order valence-corrected chi connectivity index (χ1v) is 4.64. The highest BCUT2D eigenvalue weighted by molar-refractivity contribution is 6.29. The fourth-order valence-corrected chi connectivity index (χ4v) is 1.34. The van der Waals surface area contributed by atoms with E-state index in [2.05, 4.69) is 6.58 Å². The van der Waals surface area contributed by atoms with Crippen molar-refractivity contribution in [2.75, 3.05) is 13.0 Å². The third kappa shape index (κ3) is 4.37. The Kier molecular flexibility index (Phi) is 5.48. The minimum atomic E-state index is -0.321. The number of alkyl halides is 1. The second kappa shape index (κ2) is 5.35. The van der Waals surface area contributed by atoms with Crippen molar-refractivity contribution < 1.29 is 4.43 Å². The van der Waals surface area contributed by atoms with Crippen LogP contribution in [-0.4, -0.2) is 22.8 Å². The van der Waals surface area contributed by atoms with E-state index >= 15 is 0 Å². The molecule has 0 aromatic carbocycles. The Labute approximate surface area is 57.6 Å². The van der Waals surface area contributed by atoms with E-state index in [1.807, 2.05) is 0 Å². The second-order valence-electron chi connectivity index (χ2n) is 1.63. The number of hydrogen-bond donors (Lipinski definition) is 0. The number of halogens is 1. The molecule has 0 saturated heterocycles. The minimum absolute atomic E-state index is 0.321. The smallest absolute Gasteiger partial charge is 0.165 e. The van der Waals surface area contributed by atoms with Crippen molar-refractivity contribution in [1.82, 2.24) is 0 Å². The van der Waals surface area contributed by atoms with E-state index in [0.29, 0.717) is 5.88 Å². The number of hydrogen-bond acceptors (Lipinski definition) is 1. The first-order valence-electron chi connectivity index (χ1n) is 2.52. The molecule has 0 atom stereocenters. The largest absolute Gasteiger partial charge is 0.427 e. The molecule has 0 radical (unpaired) electrons. The van der Waals surface area contributed by atoms with Gasteiger partial charge >= 0.3 is 0 Å². The molecule has 0 N–H and O–H groups in total. The van der Waals surface area contributed by atoms with E-state index in [1.54, 1.807) is 7.11 Å². The second-order valence-corrected chi connectivity index (χ2v) is 3.38. The summed E-state index contributed by atoms with van der Waals surface area (Å²) in [6.07, 6.45) is 0. The van der Waals surface area contributed by atoms with Gasteiger partial charge in [-0.25, -0.2) is 0 Å². The van der Waals surface area contributed by atoms with Crippen LogP contribution in [0.5, 0.6) is 0 Å². The molecule has 0 saturated carbocycles. The topological polar surface area (TPSA) is 9.23 Å². The molecule has 0 aromatic heterocycles. The molecule has 8 heavy (non-hydrogen) atoms. The molecule has 0 aliphatic heterocycles. The summed E-state index contributed by atoms with van der Waals surface area (Å²) in [6.45, 7) is 3.73. The maximum Gasteiger partial charge on any atom is 0.165 e. The van der Waals surface area contributed by atoms with Crippen LogP contribution in [0.15, 0.2) is 12.2 Å². The van der Waals surface area contributed by atoms with E-state index in [9.17, 15) is 0 Å². The third-order valence-electron chi connectivity index (χ3n) is 0.849. The molecule has 0 aliphatic carbocycles. The summed E-state index contributed by atoms with van der Waals surface area (Å²) in [5, 5.41) is 0. The minimum Gasteiger partial charge on any atom is -0.427 e. The predicted molar refractivity (Wildman–Crippen MR) is 40.2 cm³/mol. The van der Waals surface area contributed by atoms with Crippen molar-refractivity contribution in [3.63, 3.8) is 0 Å². The van der Waals surface area contributed by atoms with Crippen LogP contribution in [-0.2, 0) is 4.43 Å². The van der Waals surface area contributed by atoms with Crippen molar-refractivity contribution in [1.29, 1.82) is 0 Å². The highest BCUT2D eigenvalue weighted by Gasteiger charge is 1.89. The lowest BCUT2D eigenvalue weighted by Gasteiger charge is -1.96. The molecule has 1 nitrogen and oxygen atoms in total. The van der Waals surface area contributed by atoms with Gasteiger partial charge in [-0.1, -0.05) is 12.2 Å². The normalized spacial score (nSPS) is 10.8. The van der Waals surface area contributed by atoms with E-state index in [4.69, 9.17) is 16.0 Å². The van der Waals surface area contributed by atoms with Gasteiger partial charge in [0.05, 0.1) is 0 Å². The van der Waals surface area contributed by atoms with Crippen molar-refractivity contribution in [2.24, 2.45) is 0 Å². The van der Waals surface area contributed by atoms with Crippen molar-refractivity contribution in [2.45, 2.75) is 6.04 Å². The summed E-state index contributed by atoms with van der Waals surface area (Å²) in [7, 11) is 1.41. The monoisotopic (exact) mass is 150 g/mol. The average Bonchev–Trinajstić information content (AvgIpc) is 1.83. The lowest BCUT2D eigenvalue weighted by atomic mass is 10.4. The zero-order chi connectivity index (χ0) is 6.41. The Bertz CT molecular complexity index is 74.8. The van der Waals surface area contributed by atoms with Crippen LogP contribution in [0.2, 0.25) is 6.04 Å². The van der Waals surface area contributed by atoms with Gasteiger partial charge in [-0.15, -0.1) is 11.6 Å². The Morgan fingerprint density at radius 2 is 2.50 bits per heavy atom. The molecule has 0 rings (SSSR count). The average molecular weight is 151 g/mol. The Hall–Kier alpha value is 0.207. The van der Waals surface area contributed by atoms with Gasteiger partial charge in [0.25, 0.3) is 0 Å². The first kappa shape index (κ1) is 8.21. The standard InChI is InChI=1S/C5H11ClOSi/c1-5(3-6)4-8-7-2/h1,3-4,8H2,2H3. The highest BCUT2D eigenvalue weighted by atomic mass is 35.5. The molecule has 0 heterocycles. The predicted octanol–water partition coefficient (Wildman–Crippen LogP) is 0.930. The molecule has 48 valence electrons. The summed E-state index contributed by atoms with van der Waals surface area (Å²) in [5.41, 5.74) is 1.10. The van der Waals surface area contributed by atoms with Crippen LogP contribution >= 0.6 is 11.6 Å². The van der Waals surface area contributed by atoms with Gasteiger partial charge in [-0.05, 0) is 6.04 Å². The van der Waals surface area contributed by atoms with E-state index < -0.39 is 0 Å². The van der Waals surface area contributed by atoms with Crippen molar-refractivity contribution in [3.8, 4) is 0 Å². The van der Waals surface area contributed by atoms with Crippen LogP contribution in [0.4, 0.5) is 0 Å². The molecule has 0 amide bonds. The van der Waals surface area contributed by atoms with Crippen LogP contribution in [0, 0.1) is 0 Å². The van der Waals surface area contributed by atoms with Crippen LogP contribution in [0.25, 0.3) is 0 Å². The van der Waals surface area contributed by atoms with E-state index in [-0.39, 0.29) is 9.76 Å². The van der Waals surface area contributed by atoms with Crippen molar-refractivity contribution in [3.05, 3.63) is 12.2 Å². The summed E-state index contributed by atoms with van der Waals surface area (Å²) < 4.78 is 4.93. The summed E-state index contributed by atoms with van der Waals surface area (Å²) in [6, 6.07) is 1.01. The zero-order valence-corrected chi connectivity index (χ0v) is 7.28. The van der Waals surface area contributed by atoms with Gasteiger partial charge < -0.3 is 4.43 Å². The fraction of sp³-hybridized carbons (Fsp3) is 0.600. The molecular formula is C5H11ClOSi. The van der Waals surface area contributed by atoms with Crippen LogP contribution in [0.1, 0.15) is 0 Å². The Morgan fingerprint density at radius 3 is 2.88 bits per heavy atom. The molecule has 0 bridgehead atoms. The molecule has 0 fully saturated rings. The maximum atomic E-state index is 5.45. The lowest BCUT2D eigenvalue weighted by Crippen LogP contribution is -1.94. The summed E-state index contributed by atoms with van der Waals surface area (Å²) in [5.74, 6) is 0.580. The summed E-state index contributed by atoms with van der Waals surface area (Å²) in [4.78, 5) is 0. The summed E-state index contributed by atoms with van der Waals surface area (Å²) >= 11 is 5.45. The van der Waals surface area contributed by atoms with Gasteiger partial charge in [0.1, 0.15) is 0 Å². The van der Waals surface area contributed by atoms with E-state index in [1.165, 1.54) is 0 Å². The van der Waals surface area contributed by atoms with Gasteiger partial charge in [0, 0.05) is 13.0 Å². The van der Waals surface area contributed by atoms with Gasteiger partial charge in [0.2, 0.25) is 0 Å². The molecule has 3 heteroatoms. The number of allylic oxidation sites excluding steroid dienone is 1. The van der Waals surface area contributed by atoms with Crippen LogP contribution in [0.3, 0.4) is 0 Å². The quantitative estimate of drug-likeness (QED) is 0.329. The van der Waals surface area contributed by atoms with Crippen LogP contribution < -0.4 is 0 Å². The Balaban J connectivity index is 2.99. The third-order valence-corrected chi connectivity index (χ3v) is 2.55. The fourth-order valence-electron chi connectivity index (χ4n) is 0.313. The molecule has 0 aliphatic rings. The molecular weight excluding hydrogens is 140 g/mol. The van der Waals surface area contributed by atoms with E-state index in [0.717, 1.165) is 11.6 Å².